The molecule has 1 aromatic carbocycles. The number of halogens is 1. The molecule has 1 fully saturated rings. The average Bonchev–Trinajstić information content (AvgIpc) is 2.60. The van der Waals surface area contributed by atoms with Crippen LogP contribution in [0.5, 0.6) is 0 Å². The second kappa shape index (κ2) is 7.51. The lowest BCUT2D eigenvalue weighted by Crippen LogP contribution is -2.40. The van der Waals surface area contributed by atoms with Crippen LogP contribution < -0.4 is 16.2 Å². The van der Waals surface area contributed by atoms with Gasteiger partial charge < -0.3 is 15.2 Å². The van der Waals surface area contributed by atoms with E-state index in [9.17, 15) is 18.8 Å². The first-order valence-corrected chi connectivity index (χ1v) is 8.50. The molecule has 2 amide bonds. The number of benzene rings is 1. The summed E-state index contributed by atoms with van der Waals surface area (Å²) in [6.45, 7) is -0.0694. The summed E-state index contributed by atoms with van der Waals surface area (Å²) in [7, 11) is 1.41. The van der Waals surface area contributed by atoms with E-state index in [1.807, 2.05) is 0 Å². The molecule has 0 unspecified atom stereocenters. The average molecular weight is 357 g/mol. The van der Waals surface area contributed by atoms with Crippen LogP contribution in [0.1, 0.15) is 45.5 Å². The summed E-state index contributed by atoms with van der Waals surface area (Å²) < 4.78 is 15.1. The molecule has 0 radical (unpaired) electrons. The third-order valence-electron chi connectivity index (χ3n) is 4.56. The molecule has 1 aliphatic carbocycles. The molecule has 6 nitrogen and oxygen atoms in total. The first-order chi connectivity index (χ1) is 12.5. The fourth-order valence-electron chi connectivity index (χ4n) is 2.81. The Bertz CT molecular complexity index is 903. The Morgan fingerprint density at radius 2 is 1.96 bits per heavy atom. The summed E-state index contributed by atoms with van der Waals surface area (Å²) in [6, 6.07) is 7.48. The van der Waals surface area contributed by atoms with Crippen molar-refractivity contribution in [2.45, 2.75) is 31.8 Å². The van der Waals surface area contributed by atoms with Gasteiger partial charge >= 0.3 is 0 Å². The van der Waals surface area contributed by atoms with E-state index in [-0.39, 0.29) is 29.6 Å². The predicted octanol–water partition coefficient (Wildman–Crippen LogP) is 1.68. The first kappa shape index (κ1) is 17.8. The second-order valence-corrected chi connectivity index (χ2v) is 6.35. The largest absolute Gasteiger partial charge is 0.355 e. The van der Waals surface area contributed by atoms with Crippen LogP contribution in [0.25, 0.3) is 0 Å². The summed E-state index contributed by atoms with van der Waals surface area (Å²) in [5.74, 6) is -1.39. The maximum atomic E-state index is 13.9. The Balaban J connectivity index is 1.99. The summed E-state index contributed by atoms with van der Waals surface area (Å²) in [4.78, 5) is 37.1. The lowest BCUT2D eigenvalue weighted by molar-refractivity contribution is 0.0916. The van der Waals surface area contributed by atoms with Crippen molar-refractivity contribution >= 4 is 11.8 Å². The van der Waals surface area contributed by atoms with Crippen molar-refractivity contribution in [1.82, 2.24) is 15.2 Å². The van der Waals surface area contributed by atoms with Gasteiger partial charge in [0.2, 0.25) is 0 Å². The van der Waals surface area contributed by atoms with E-state index in [4.69, 9.17) is 0 Å². The van der Waals surface area contributed by atoms with Gasteiger partial charge in [-0.15, -0.1) is 0 Å². The Morgan fingerprint density at radius 1 is 1.23 bits per heavy atom. The number of amides is 2. The molecule has 2 N–H and O–H groups in total. The van der Waals surface area contributed by atoms with Gasteiger partial charge in [0, 0.05) is 24.8 Å². The molecule has 0 aliphatic heterocycles. The smallest absolute Gasteiger partial charge is 0.263 e. The summed E-state index contributed by atoms with van der Waals surface area (Å²) in [5.41, 5.74) is -0.224. The number of nitrogens with zero attached hydrogens (tertiary/aromatic N) is 1. The third-order valence-corrected chi connectivity index (χ3v) is 4.56. The van der Waals surface area contributed by atoms with Crippen LogP contribution in [0.2, 0.25) is 0 Å². The molecule has 1 saturated carbocycles. The fourth-order valence-corrected chi connectivity index (χ4v) is 2.81. The van der Waals surface area contributed by atoms with Gasteiger partial charge in [-0.2, -0.15) is 0 Å². The van der Waals surface area contributed by atoms with Crippen molar-refractivity contribution in [1.29, 1.82) is 0 Å². The fraction of sp³-hybridized carbons (Fsp3) is 0.316. The van der Waals surface area contributed by atoms with Gasteiger partial charge in [-0.3, -0.25) is 14.4 Å². The lowest BCUT2D eigenvalue weighted by atomic mass is 9.93. The highest BCUT2D eigenvalue weighted by atomic mass is 19.1. The first-order valence-electron chi connectivity index (χ1n) is 8.50. The maximum Gasteiger partial charge on any atom is 0.263 e. The van der Waals surface area contributed by atoms with E-state index in [0.717, 1.165) is 19.3 Å². The molecule has 0 atom stereocenters. The number of pyridine rings is 1. The molecule has 0 spiro atoms. The maximum absolute atomic E-state index is 13.9. The summed E-state index contributed by atoms with van der Waals surface area (Å²) in [5, 5.41) is 5.27. The van der Waals surface area contributed by atoms with E-state index in [1.54, 1.807) is 18.2 Å². The van der Waals surface area contributed by atoms with Crippen molar-refractivity contribution in [2.75, 3.05) is 7.05 Å². The molecule has 136 valence electrons. The topological polar surface area (TPSA) is 80.2 Å². The van der Waals surface area contributed by atoms with Crippen molar-refractivity contribution in [3.05, 3.63) is 69.4 Å². The molecule has 0 bridgehead atoms. The summed E-state index contributed by atoms with van der Waals surface area (Å²) >= 11 is 0. The van der Waals surface area contributed by atoms with Crippen molar-refractivity contribution in [3.63, 3.8) is 0 Å². The second-order valence-electron chi connectivity index (χ2n) is 6.35. The van der Waals surface area contributed by atoms with Gasteiger partial charge in [0.1, 0.15) is 11.4 Å². The number of aromatic nitrogens is 1. The van der Waals surface area contributed by atoms with Gasteiger partial charge in [0.25, 0.3) is 17.4 Å². The Labute approximate surface area is 150 Å². The van der Waals surface area contributed by atoms with E-state index in [0.29, 0.717) is 5.56 Å². The van der Waals surface area contributed by atoms with E-state index < -0.39 is 17.3 Å². The standard InChI is InChI=1S/C19H20FN3O3/c1-21-18(25)15-9-13(17(24)22-14-6-4-7-14)11-23(19(15)26)10-12-5-2-3-8-16(12)20/h2-3,5,8-9,11,14H,4,6-7,10H2,1H3,(H,21,25)(H,22,24). The monoisotopic (exact) mass is 357 g/mol. The van der Waals surface area contributed by atoms with Gasteiger partial charge in [-0.05, 0) is 31.4 Å². The highest BCUT2D eigenvalue weighted by molar-refractivity contribution is 5.99. The summed E-state index contributed by atoms with van der Waals surface area (Å²) in [6.07, 6.45) is 4.28. The van der Waals surface area contributed by atoms with E-state index in [1.165, 1.54) is 29.9 Å². The van der Waals surface area contributed by atoms with Crippen LogP contribution in [0.3, 0.4) is 0 Å². The van der Waals surface area contributed by atoms with Crippen molar-refractivity contribution < 1.29 is 14.0 Å². The molecular formula is C19H20FN3O3. The molecule has 1 aliphatic rings. The Kier molecular flexibility index (Phi) is 5.16. The van der Waals surface area contributed by atoms with Gasteiger partial charge in [0.05, 0.1) is 12.1 Å². The zero-order valence-electron chi connectivity index (χ0n) is 14.4. The SMILES string of the molecule is CNC(=O)c1cc(C(=O)NC2CCC2)cn(Cc2ccccc2F)c1=O. The molecular weight excluding hydrogens is 337 g/mol. The lowest BCUT2D eigenvalue weighted by Gasteiger charge is -2.26. The predicted molar refractivity (Wildman–Crippen MR) is 94.7 cm³/mol. The number of nitrogens with one attached hydrogen (secondary N) is 2. The number of hydrogen-bond acceptors (Lipinski definition) is 3. The third kappa shape index (κ3) is 3.66. The zero-order chi connectivity index (χ0) is 18.7. The van der Waals surface area contributed by atoms with E-state index >= 15 is 0 Å². The highest BCUT2D eigenvalue weighted by Gasteiger charge is 2.22. The normalized spacial score (nSPS) is 13.8. The molecule has 7 heteroatoms. The van der Waals surface area contributed by atoms with Crippen LogP contribution in [0.15, 0.2) is 41.3 Å². The highest BCUT2D eigenvalue weighted by Crippen LogP contribution is 2.18. The minimum absolute atomic E-state index is 0.0694. The van der Waals surface area contributed by atoms with E-state index in [2.05, 4.69) is 10.6 Å². The minimum Gasteiger partial charge on any atom is -0.355 e. The van der Waals surface area contributed by atoms with Crippen LogP contribution in [0.4, 0.5) is 4.39 Å². The molecule has 0 saturated heterocycles. The van der Waals surface area contributed by atoms with Crippen LogP contribution in [0, 0.1) is 5.82 Å². The number of hydrogen-bond donors (Lipinski definition) is 2. The number of carbonyl (C=O) groups excluding carboxylic acids is 2. The molecule has 26 heavy (non-hydrogen) atoms. The number of rotatable bonds is 5. The van der Waals surface area contributed by atoms with Crippen LogP contribution >= 0.6 is 0 Å². The quantitative estimate of drug-likeness (QED) is 0.854. The minimum atomic E-state index is -0.587. The molecule has 1 heterocycles. The zero-order valence-corrected chi connectivity index (χ0v) is 14.4. The Hall–Kier alpha value is -2.96. The molecule has 1 aromatic heterocycles. The van der Waals surface area contributed by atoms with Crippen LogP contribution in [-0.2, 0) is 6.54 Å². The Morgan fingerprint density at radius 3 is 2.58 bits per heavy atom. The molecule has 3 rings (SSSR count). The number of carbonyl (C=O) groups is 2. The van der Waals surface area contributed by atoms with Crippen molar-refractivity contribution in [2.24, 2.45) is 0 Å². The van der Waals surface area contributed by atoms with Gasteiger partial charge in [0.15, 0.2) is 0 Å². The molecule has 2 aromatic rings. The van der Waals surface area contributed by atoms with Crippen molar-refractivity contribution in [3.8, 4) is 0 Å². The van der Waals surface area contributed by atoms with Gasteiger partial charge in [-0.1, -0.05) is 18.2 Å². The van der Waals surface area contributed by atoms with Crippen LogP contribution in [-0.4, -0.2) is 29.5 Å². The van der Waals surface area contributed by atoms with Gasteiger partial charge in [-0.25, -0.2) is 4.39 Å².